The van der Waals surface area contributed by atoms with Gasteiger partial charge in [0.15, 0.2) is 0 Å². The molecule has 62 valence electrons. The molecule has 0 radical (unpaired) electrons. The van der Waals surface area contributed by atoms with Crippen LogP contribution in [0.25, 0.3) is 0 Å². The van der Waals surface area contributed by atoms with Gasteiger partial charge in [0, 0.05) is 12.5 Å². The Kier molecular flexibility index (Phi) is 3.14. The predicted octanol–water partition coefficient (Wildman–Crippen LogP) is 2.58. The van der Waals surface area contributed by atoms with Crippen LogP contribution in [-0.2, 0) is 12.8 Å². The number of hydrogen-bond donors (Lipinski definition) is 0. The second kappa shape index (κ2) is 4.16. The lowest BCUT2D eigenvalue weighted by Gasteiger charge is -1.88. The van der Waals surface area contributed by atoms with E-state index in [9.17, 15) is 0 Å². The Morgan fingerprint density at radius 2 is 2.27 bits per heavy atom. The van der Waals surface area contributed by atoms with Gasteiger partial charge in [-0.3, -0.25) is 0 Å². The Bertz CT molecular complexity index is 205. The molecule has 0 spiro atoms. The van der Waals surface area contributed by atoms with E-state index in [2.05, 4.69) is 25.1 Å². The molecule has 2 heteroatoms. The fourth-order valence-electron chi connectivity index (χ4n) is 0.991. The largest absolute Gasteiger partial charge is 0.361 e. The summed E-state index contributed by atoms with van der Waals surface area (Å²) >= 11 is 0. The number of unbranched alkanes of at least 4 members (excludes halogenated alkanes) is 1. The highest BCUT2D eigenvalue weighted by Gasteiger charge is 2.00. The maximum Gasteiger partial charge on any atom is 0.137 e. The zero-order valence-corrected chi connectivity index (χ0v) is 7.26. The first-order valence-corrected chi connectivity index (χ1v) is 4.31. The molecule has 0 unspecified atom stereocenters. The summed E-state index contributed by atoms with van der Waals surface area (Å²) in [6.07, 6.45) is 4.40. The third-order valence-corrected chi connectivity index (χ3v) is 1.75. The molecule has 0 aromatic carbocycles. The lowest BCUT2D eigenvalue weighted by atomic mass is 10.2. The van der Waals surface area contributed by atoms with Crippen molar-refractivity contribution in [3.63, 3.8) is 0 Å². The van der Waals surface area contributed by atoms with Crippen LogP contribution in [0.15, 0.2) is 10.6 Å². The molecule has 0 saturated carbocycles. The summed E-state index contributed by atoms with van der Waals surface area (Å²) in [6, 6.07) is 2.05. The number of hydrogen-bond acceptors (Lipinski definition) is 2. The van der Waals surface area contributed by atoms with Crippen molar-refractivity contribution in [2.24, 2.45) is 0 Å². The second-order valence-corrected chi connectivity index (χ2v) is 2.74. The van der Waals surface area contributed by atoms with Gasteiger partial charge in [-0.1, -0.05) is 25.4 Å². The average Bonchev–Trinajstić information content (AvgIpc) is 2.48. The summed E-state index contributed by atoms with van der Waals surface area (Å²) in [5.41, 5.74) is 1.07. The molecule has 0 saturated heterocycles. The van der Waals surface area contributed by atoms with Gasteiger partial charge in [0.25, 0.3) is 0 Å². The van der Waals surface area contributed by atoms with Crippen LogP contribution in [0.1, 0.15) is 38.1 Å². The maximum absolute atomic E-state index is 5.11. The SMILES string of the molecule is CCCCc1cc(CC)no1. The van der Waals surface area contributed by atoms with E-state index in [-0.39, 0.29) is 0 Å². The maximum atomic E-state index is 5.11. The Hall–Kier alpha value is -0.790. The molecule has 0 aliphatic carbocycles. The zero-order valence-electron chi connectivity index (χ0n) is 7.26. The monoisotopic (exact) mass is 153 g/mol. The Morgan fingerprint density at radius 3 is 2.82 bits per heavy atom. The summed E-state index contributed by atoms with van der Waals surface area (Å²) in [5, 5.41) is 3.91. The van der Waals surface area contributed by atoms with Crippen molar-refractivity contribution >= 4 is 0 Å². The Morgan fingerprint density at radius 1 is 1.45 bits per heavy atom. The van der Waals surface area contributed by atoms with Crippen molar-refractivity contribution < 1.29 is 4.52 Å². The van der Waals surface area contributed by atoms with Crippen molar-refractivity contribution in [3.8, 4) is 0 Å². The molecule has 0 amide bonds. The van der Waals surface area contributed by atoms with Gasteiger partial charge < -0.3 is 4.52 Å². The first-order valence-electron chi connectivity index (χ1n) is 4.31. The van der Waals surface area contributed by atoms with Crippen LogP contribution in [0, 0.1) is 0 Å². The van der Waals surface area contributed by atoms with Gasteiger partial charge in [-0.2, -0.15) is 0 Å². The van der Waals surface area contributed by atoms with Crippen molar-refractivity contribution in [2.45, 2.75) is 39.5 Å². The smallest absolute Gasteiger partial charge is 0.137 e. The van der Waals surface area contributed by atoms with Crippen LogP contribution >= 0.6 is 0 Å². The summed E-state index contributed by atoms with van der Waals surface area (Å²) < 4.78 is 5.11. The number of aromatic nitrogens is 1. The van der Waals surface area contributed by atoms with Crippen molar-refractivity contribution in [3.05, 3.63) is 17.5 Å². The molecular formula is C9H15NO. The van der Waals surface area contributed by atoms with E-state index in [1.54, 1.807) is 0 Å². The minimum atomic E-state index is 0.968. The number of nitrogens with zero attached hydrogens (tertiary/aromatic N) is 1. The van der Waals surface area contributed by atoms with Crippen molar-refractivity contribution in [1.82, 2.24) is 5.16 Å². The average molecular weight is 153 g/mol. The molecule has 0 N–H and O–H groups in total. The highest BCUT2D eigenvalue weighted by molar-refractivity contribution is 5.04. The van der Waals surface area contributed by atoms with E-state index in [0.717, 1.165) is 24.3 Å². The molecular weight excluding hydrogens is 138 g/mol. The van der Waals surface area contributed by atoms with Gasteiger partial charge in [-0.05, 0) is 12.8 Å². The predicted molar refractivity (Wildman–Crippen MR) is 44.5 cm³/mol. The van der Waals surface area contributed by atoms with E-state index in [1.807, 2.05) is 0 Å². The molecule has 1 heterocycles. The first kappa shape index (κ1) is 8.31. The molecule has 0 fully saturated rings. The van der Waals surface area contributed by atoms with Gasteiger partial charge in [-0.15, -0.1) is 0 Å². The first-order chi connectivity index (χ1) is 5.36. The van der Waals surface area contributed by atoms with Crippen LogP contribution in [0.5, 0.6) is 0 Å². The molecule has 0 atom stereocenters. The zero-order chi connectivity index (χ0) is 8.10. The minimum Gasteiger partial charge on any atom is -0.361 e. The van der Waals surface area contributed by atoms with Crippen molar-refractivity contribution in [1.29, 1.82) is 0 Å². The third kappa shape index (κ3) is 2.37. The third-order valence-electron chi connectivity index (χ3n) is 1.75. The van der Waals surface area contributed by atoms with Crippen LogP contribution in [0.3, 0.4) is 0 Å². The number of rotatable bonds is 4. The van der Waals surface area contributed by atoms with Gasteiger partial charge in [0.1, 0.15) is 5.76 Å². The summed E-state index contributed by atoms with van der Waals surface area (Å²) in [6.45, 7) is 4.26. The summed E-state index contributed by atoms with van der Waals surface area (Å²) in [5.74, 6) is 1.03. The lowest BCUT2D eigenvalue weighted by molar-refractivity contribution is 0.375. The fraction of sp³-hybridized carbons (Fsp3) is 0.667. The molecule has 1 aromatic rings. The summed E-state index contributed by atoms with van der Waals surface area (Å²) in [4.78, 5) is 0. The molecule has 1 aromatic heterocycles. The van der Waals surface area contributed by atoms with Gasteiger partial charge >= 0.3 is 0 Å². The van der Waals surface area contributed by atoms with Gasteiger partial charge in [-0.25, -0.2) is 0 Å². The van der Waals surface area contributed by atoms with E-state index in [1.165, 1.54) is 12.8 Å². The molecule has 0 aliphatic rings. The molecule has 11 heavy (non-hydrogen) atoms. The molecule has 2 nitrogen and oxygen atoms in total. The van der Waals surface area contributed by atoms with Crippen LogP contribution in [0.4, 0.5) is 0 Å². The van der Waals surface area contributed by atoms with E-state index < -0.39 is 0 Å². The van der Waals surface area contributed by atoms with Gasteiger partial charge in [0.05, 0.1) is 5.69 Å². The standard InChI is InChI=1S/C9H15NO/c1-3-5-6-9-7-8(4-2)10-11-9/h7H,3-6H2,1-2H3. The molecule has 0 aliphatic heterocycles. The van der Waals surface area contributed by atoms with Crippen molar-refractivity contribution in [2.75, 3.05) is 0 Å². The topological polar surface area (TPSA) is 26.0 Å². The van der Waals surface area contributed by atoms with E-state index in [4.69, 9.17) is 4.52 Å². The fourth-order valence-corrected chi connectivity index (χ4v) is 0.991. The lowest BCUT2D eigenvalue weighted by Crippen LogP contribution is -1.79. The molecule has 0 bridgehead atoms. The van der Waals surface area contributed by atoms with E-state index >= 15 is 0 Å². The minimum absolute atomic E-state index is 0.968. The Labute approximate surface area is 67.6 Å². The highest BCUT2D eigenvalue weighted by Crippen LogP contribution is 2.07. The quantitative estimate of drug-likeness (QED) is 0.664. The second-order valence-electron chi connectivity index (χ2n) is 2.74. The van der Waals surface area contributed by atoms with Crippen LogP contribution in [-0.4, -0.2) is 5.16 Å². The van der Waals surface area contributed by atoms with Crippen LogP contribution < -0.4 is 0 Å². The highest BCUT2D eigenvalue weighted by atomic mass is 16.5. The normalized spacial score (nSPS) is 10.4. The molecule has 1 rings (SSSR count). The van der Waals surface area contributed by atoms with Crippen LogP contribution in [0.2, 0.25) is 0 Å². The van der Waals surface area contributed by atoms with Gasteiger partial charge in [0.2, 0.25) is 0 Å². The number of aryl methyl sites for hydroxylation is 2. The Balaban J connectivity index is 2.44. The summed E-state index contributed by atoms with van der Waals surface area (Å²) in [7, 11) is 0. The van der Waals surface area contributed by atoms with E-state index in [0.29, 0.717) is 0 Å².